The van der Waals surface area contributed by atoms with Gasteiger partial charge in [-0.2, -0.15) is 0 Å². The molecular weight excluding hydrogens is 243 g/mol. The zero-order valence-electron chi connectivity index (χ0n) is 9.38. The Morgan fingerprint density at radius 1 is 0.938 bits per heavy atom. The van der Waals surface area contributed by atoms with Crippen LogP contribution in [0.1, 0.15) is 37.7 Å². The first-order chi connectivity index (χ1) is 7.74. The molecule has 0 saturated carbocycles. The van der Waals surface area contributed by atoms with Gasteiger partial charge < -0.3 is 5.11 Å². The summed E-state index contributed by atoms with van der Waals surface area (Å²) in [5, 5.41) is 10.1. The molecular formula is C13H18Cl2O. The summed E-state index contributed by atoms with van der Waals surface area (Å²) in [7, 11) is 0. The molecule has 0 fully saturated rings. The maximum absolute atomic E-state index is 8.63. The molecule has 0 aromatic heterocycles. The molecule has 1 rings (SSSR count). The Morgan fingerprint density at radius 3 is 2.31 bits per heavy atom. The van der Waals surface area contributed by atoms with Gasteiger partial charge in [0.25, 0.3) is 0 Å². The van der Waals surface area contributed by atoms with Crippen molar-refractivity contribution in [2.45, 2.75) is 38.5 Å². The van der Waals surface area contributed by atoms with Gasteiger partial charge in [-0.25, -0.2) is 0 Å². The van der Waals surface area contributed by atoms with E-state index in [1.165, 1.54) is 18.4 Å². The van der Waals surface area contributed by atoms with Crippen LogP contribution in [0.4, 0.5) is 0 Å². The van der Waals surface area contributed by atoms with Gasteiger partial charge in [-0.3, -0.25) is 0 Å². The molecule has 3 heteroatoms. The molecule has 0 saturated heterocycles. The van der Waals surface area contributed by atoms with Crippen molar-refractivity contribution in [2.24, 2.45) is 0 Å². The van der Waals surface area contributed by atoms with Gasteiger partial charge in [0, 0.05) is 16.7 Å². The summed E-state index contributed by atoms with van der Waals surface area (Å²) in [5.41, 5.74) is 1.17. The predicted molar refractivity (Wildman–Crippen MR) is 70.3 cm³/mol. The minimum Gasteiger partial charge on any atom is -0.396 e. The Bertz CT molecular complexity index is 313. The predicted octanol–water partition coefficient (Wildman–Crippen LogP) is 4.48. The van der Waals surface area contributed by atoms with E-state index in [0.717, 1.165) is 30.7 Å². The highest BCUT2D eigenvalue weighted by molar-refractivity contribution is 6.35. The van der Waals surface area contributed by atoms with Crippen LogP contribution in [-0.4, -0.2) is 11.7 Å². The van der Waals surface area contributed by atoms with Gasteiger partial charge in [0.1, 0.15) is 0 Å². The van der Waals surface area contributed by atoms with Crippen molar-refractivity contribution in [2.75, 3.05) is 6.61 Å². The van der Waals surface area contributed by atoms with Gasteiger partial charge in [-0.15, -0.1) is 0 Å². The molecule has 90 valence electrons. The SMILES string of the molecule is OCCCCCCCc1ccc(Cl)cc1Cl. The Hall–Kier alpha value is -0.240. The van der Waals surface area contributed by atoms with Crippen LogP contribution >= 0.6 is 23.2 Å². The molecule has 1 aromatic rings. The number of hydrogen-bond acceptors (Lipinski definition) is 1. The second-order valence-corrected chi connectivity index (χ2v) is 4.82. The molecule has 0 aliphatic heterocycles. The van der Waals surface area contributed by atoms with E-state index in [-0.39, 0.29) is 0 Å². The highest BCUT2D eigenvalue weighted by atomic mass is 35.5. The highest BCUT2D eigenvalue weighted by Gasteiger charge is 2.00. The monoisotopic (exact) mass is 260 g/mol. The average molecular weight is 261 g/mol. The Morgan fingerprint density at radius 2 is 1.62 bits per heavy atom. The summed E-state index contributed by atoms with van der Waals surface area (Å²) >= 11 is 11.9. The molecule has 0 aliphatic rings. The number of benzene rings is 1. The summed E-state index contributed by atoms with van der Waals surface area (Å²) < 4.78 is 0. The molecule has 1 N–H and O–H groups in total. The standard InChI is InChI=1S/C13H18Cl2O/c14-12-8-7-11(13(15)10-12)6-4-2-1-3-5-9-16/h7-8,10,16H,1-6,9H2. The average Bonchev–Trinajstić information content (AvgIpc) is 2.26. The quantitative estimate of drug-likeness (QED) is 0.717. The zero-order chi connectivity index (χ0) is 11.8. The number of aryl methyl sites for hydroxylation is 1. The van der Waals surface area contributed by atoms with Crippen LogP contribution < -0.4 is 0 Å². The second-order valence-electron chi connectivity index (χ2n) is 3.98. The molecule has 0 amide bonds. The number of aliphatic hydroxyl groups excluding tert-OH is 1. The molecule has 0 heterocycles. The summed E-state index contributed by atoms with van der Waals surface area (Å²) in [6.45, 7) is 0.309. The van der Waals surface area contributed by atoms with Crippen LogP contribution in [0.3, 0.4) is 0 Å². The van der Waals surface area contributed by atoms with Crippen molar-refractivity contribution in [1.82, 2.24) is 0 Å². The van der Waals surface area contributed by atoms with Crippen molar-refractivity contribution in [1.29, 1.82) is 0 Å². The lowest BCUT2D eigenvalue weighted by Crippen LogP contribution is -1.88. The van der Waals surface area contributed by atoms with E-state index >= 15 is 0 Å². The maximum atomic E-state index is 8.63. The van der Waals surface area contributed by atoms with Crippen LogP contribution in [0, 0.1) is 0 Å². The lowest BCUT2D eigenvalue weighted by Gasteiger charge is -2.04. The lowest BCUT2D eigenvalue weighted by atomic mass is 10.1. The Labute approximate surface area is 107 Å². The van der Waals surface area contributed by atoms with Crippen LogP contribution in [-0.2, 0) is 6.42 Å². The van der Waals surface area contributed by atoms with Gasteiger partial charge >= 0.3 is 0 Å². The van der Waals surface area contributed by atoms with Crippen LogP contribution in [0.25, 0.3) is 0 Å². The lowest BCUT2D eigenvalue weighted by molar-refractivity contribution is 0.282. The van der Waals surface area contributed by atoms with Crippen molar-refractivity contribution >= 4 is 23.2 Å². The topological polar surface area (TPSA) is 20.2 Å². The first-order valence-electron chi connectivity index (χ1n) is 5.79. The molecule has 16 heavy (non-hydrogen) atoms. The largest absolute Gasteiger partial charge is 0.396 e. The van der Waals surface area contributed by atoms with Crippen molar-refractivity contribution in [3.8, 4) is 0 Å². The van der Waals surface area contributed by atoms with Crippen LogP contribution in [0.15, 0.2) is 18.2 Å². The van der Waals surface area contributed by atoms with Crippen molar-refractivity contribution in [3.63, 3.8) is 0 Å². The third-order valence-electron chi connectivity index (χ3n) is 2.62. The fourth-order valence-electron chi connectivity index (χ4n) is 1.68. The maximum Gasteiger partial charge on any atom is 0.0452 e. The summed E-state index contributed by atoms with van der Waals surface area (Å²) in [5.74, 6) is 0. The minimum atomic E-state index is 0.309. The van der Waals surface area contributed by atoms with Gasteiger partial charge in [0.15, 0.2) is 0 Å². The first kappa shape index (κ1) is 13.8. The van der Waals surface area contributed by atoms with Gasteiger partial charge in [-0.1, -0.05) is 48.5 Å². The summed E-state index contributed by atoms with van der Waals surface area (Å²) in [4.78, 5) is 0. The normalized spacial score (nSPS) is 10.7. The first-order valence-corrected chi connectivity index (χ1v) is 6.54. The van der Waals surface area contributed by atoms with E-state index in [4.69, 9.17) is 28.3 Å². The molecule has 0 unspecified atom stereocenters. The summed E-state index contributed by atoms with van der Waals surface area (Å²) in [6.07, 6.45) is 6.57. The van der Waals surface area contributed by atoms with Gasteiger partial charge in [0.05, 0.1) is 0 Å². The third kappa shape index (κ3) is 5.20. The van der Waals surface area contributed by atoms with E-state index in [9.17, 15) is 0 Å². The second kappa shape index (κ2) is 7.94. The van der Waals surface area contributed by atoms with Crippen LogP contribution in [0.5, 0.6) is 0 Å². The third-order valence-corrected chi connectivity index (χ3v) is 3.21. The molecule has 1 aromatic carbocycles. The molecule has 0 spiro atoms. The molecule has 0 radical (unpaired) electrons. The zero-order valence-corrected chi connectivity index (χ0v) is 10.9. The molecule has 0 aliphatic carbocycles. The number of halogens is 2. The van der Waals surface area contributed by atoms with Crippen molar-refractivity contribution < 1.29 is 5.11 Å². The highest BCUT2D eigenvalue weighted by Crippen LogP contribution is 2.22. The van der Waals surface area contributed by atoms with Crippen LogP contribution in [0.2, 0.25) is 10.0 Å². The van der Waals surface area contributed by atoms with E-state index in [2.05, 4.69) is 0 Å². The molecule has 1 nitrogen and oxygen atoms in total. The number of unbranched alkanes of at least 4 members (excludes halogenated alkanes) is 4. The van der Waals surface area contributed by atoms with E-state index < -0.39 is 0 Å². The Balaban J connectivity index is 2.21. The Kier molecular flexibility index (Phi) is 6.86. The smallest absolute Gasteiger partial charge is 0.0452 e. The fraction of sp³-hybridized carbons (Fsp3) is 0.538. The van der Waals surface area contributed by atoms with Gasteiger partial charge in [-0.05, 0) is 37.0 Å². The van der Waals surface area contributed by atoms with E-state index in [1.54, 1.807) is 6.07 Å². The number of rotatable bonds is 7. The molecule has 0 atom stereocenters. The fourth-order valence-corrected chi connectivity index (χ4v) is 2.18. The number of aliphatic hydroxyl groups is 1. The van der Waals surface area contributed by atoms with Crippen molar-refractivity contribution in [3.05, 3.63) is 33.8 Å². The van der Waals surface area contributed by atoms with E-state index in [0.29, 0.717) is 11.6 Å². The minimum absolute atomic E-state index is 0.309. The van der Waals surface area contributed by atoms with Gasteiger partial charge in [0.2, 0.25) is 0 Å². The van der Waals surface area contributed by atoms with E-state index in [1.807, 2.05) is 12.1 Å². The summed E-state index contributed by atoms with van der Waals surface area (Å²) in [6, 6.07) is 5.68. The molecule has 0 bridgehead atoms. The number of hydrogen-bond donors (Lipinski definition) is 1.